The van der Waals surface area contributed by atoms with Crippen LogP contribution in [0.15, 0.2) is 85.1 Å². The van der Waals surface area contributed by atoms with E-state index in [2.05, 4.69) is 79.9 Å². The van der Waals surface area contributed by atoms with Crippen molar-refractivity contribution in [3.05, 3.63) is 85.1 Å². The van der Waals surface area contributed by atoms with E-state index in [-0.39, 0.29) is 12.3 Å². The molecule has 0 radical (unpaired) electrons. The van der Waals surface area contributed by atoms with Gasteiger partial charge in [-0.2, -0.15) is 0 Å². The highest BCUT2D eigenvalue weighted by atomic mass is 16.8. The van der Waals surface area contributed by atoms with Crippen molar-refractivity contribution in [2.75, 3.05) is 26.4 Å². The zero-order chi connectivity index (χ0) is 63.3. The summed E-state index contributed by atoms with van der Waals surface area (Å²) in [4.78, 5) is 13.3. The summed E-state index contributed by atoms with van der Waals surface area (Å²) in [5.41, 5.74) is 0. The average molecular weight is 1240 g/mol. The van der Waals surface area contributed by atoms with Crippen molar-refractivity contribution in [2.24, 2.45) is 0 Å². The molecule has 0 bridgehead atoms. The van der Waals surface area contributed by atoms with E-state index in [4.69, 9.17) is 28.4 Å². The molecule has 3 fully saturated rings. The minimum atomic E-state index is -1.99. The highest BCUT2D eigenvalue weighted by molar-refractivity contribution is 5.76. The summed E-state index contributed by atoms with van der Waals surface area (Å²) in [6.07, 6.45) is 35.8. The number of allylic oxidation sites excluding steroid dienone is 13. The molecule has 3 heterocycles. The number of ether oxygens (including phenoxy) is 6. The van der Waals surface area contributed by atoms with E-state index >= 15 is 0 Å². The largest absolute Gasteiger partial charge is 0.394 e. The number of carbonyl (C=O) groups is 1. The standard InChI is InChI=1S/C68H117NO18/c1-3-5-7-9-11-13-15-17-19-21-22-23-24-25-26-27-28-30-31-33-35-37-39-41-43-45-52(73)51(69-56(74)46-44-42-40-38-36-34-32-29-20-18-16-14-12-10-8-6-4-2)50-82-66-62(80)59(77)64(54(48-71)84-66)87-68-63(81)60(78)65(55(49-72)85-68)86-67-61(79)58(76)57(75)53(47-70)83-67/h6,8,12,14,18,20,32,34-35,37-38,40,43,45,51-55,57-68,70-73,75-81H,3-5,7,9-11,13,15-17,19,21-31,33,36,39,41-42,44,46-50H2,1-2H3,(H,69,74)/b8-6-,14-12-,20-18-,34-32-,37-35+,40-38-,45-43+. The van der Waals surface area contributed by atoms with Gasteiger partial charge in [0, 0.05) is 6.42 Å². The minimum absolute atomic E-state index is 0.153. The Kier molecular flexibility index (Phi) is 44.6. The zero-order valence-electron chi connectivity index (χ0n) is 52.7. The lowest BCUT2D eigenvalue weighted by atomic mass is 9.96. The van der Waals surface area contributed by atoms with E-state index in [9.17, 15) is 61.0 Å². The van der Waals surface area contributed by atoms with Gasteiger partial charge in [-0.1, -0.05) is 214 Å². The van der Waals surface area contributed by atoms with E-state index in [0.717, 1.165) is 51.4 Å². The summed E-state index contributed by atoms with van der Waals surface area (Å²) in [5.74, 6) is -0.344. The number of carbonyl (C=O) groups excluding carboxylic acids is 1. The van der Waals surface area contributed by atoms with Crippen molar-refractivity contribution < 1.29 is 89.4 Å². The number of unbranched alkanes of at least 4 members (excludes halogenated alkanes) is 21. The lowest BCUT2D eigenvalue weighted by Crippen LogP contribution is -2.66. The third-order valence-corrected chi connectivity index (χ3v) is 16.2. The first-order valence-electron chi connectivity index (χ1n) is 33.3. The van der Waals surface area contributed by atoms with E-state index < -0.39 is 131 Å². The van der Waals surface area contributed by atoms with Crippen molar-refractivity contribution in [3.63, 3.8) is 0 Å². The molecule has 0 aromatic heterocycles. The molecule has 502 valence electrons. The number of aliphatic hydroxyl groups excluding tert-OH is 11. The van der Waals surface area contributed by atoms with Crippen LogP contribution in [0, 0.1) is 0 Å². The Bertz CT molecular complexity index is 1910. The maximum atomic E-state index is 13.3. The Morgan fingerprint density at radius 1 is 0.425 bits per heavy atom. The molecule has 87 heavy (non-hydrogen) atoms. The number of nitrogens with one attached hydrogen (secondary N) is 1. The highest BCUT2D eigenvalue weighted by Gasteiger charge is 2.53. The van der Waals surface area contributed by atoms with Gasteiger partial charge in [-0.05, 0) is 70.6 Å². The van der Waals surface area contributed by atoms with Crippen molar-refractivity contribution in [1.29, 1.82) is 0 Å². The van der Waals surface area contributed by atoms with Gasteiger partial charge in [0.25, 0.3) is 0 Å². The van der Waals surface area contributed by atoms with Crippen LogP contribution in [0.2, 0.25) is 0 Å². The Balaban J connectivity index is 1.48. The Labute approximate surface area is 520 Å². The summed E-state index contributed by atoms with van der Waals surface area (Å²) in [7, 11) is 0. The molecular weight excluding hydrogens is 1120 g/mol. The molecule has 0 aromatic rings. The van der Waals surface area contributed by atoms with Crippen LogP contribution in [0.3, 0.4) is 0 Å². The van der Waals surface area contributed by atoms with Crippen molar-refractivity contribution in [1.82, 2.24) is 5.32 Å². The second-order valence-corrected chi connectivity index (χ2v) is 23.5. The summed E-state index contributed by atoms with van der Waals surface area (Å²) in [6, 6.07) is -1.03. The molecule has 19 heteroatoms. The average Bonchev–Trinajstić information content (AvgIpc) is 2.97. The fourth-order valence-electron chi connectivity index (χ4n) is 10.8. The van der Waals surface area contributed by atoms with Gasteiger partial charge >= 0.3 is 0 Å². The number of hydrogen-bond donors (Lipinski definition) is 12. The predicted octanol–water partition coefficient (Wildman–Crippen LogP) is 7.93. The molecule has 3 rings (SSSR count). The monoisotopic (exact) mass is 1240 g/mol. The molecule has 0 aromatic carbocycles. The van der Waals surface area contributed by atoms with Gasteiger partial charge in [0.15, 0.2) is 18.9 Å². The van der Waals surface area contributed by atoms with Crippen LogP contribution < -0.4 is 5.32 Å². The summed E-state index contributed by atoms with van der Waals surface area (Å²) in [5, 5.41) is 120. The second kappa shape index (κ2) is 49.6. The second-order valence-electron chi connectivity index (χ2n) is 23.5. The smallest absolute Gasteiger partial charge is 0.220 e. The molecule has 17 atom stereocenters. The quantitative estimate of drug-likeness (QED) is 0.0203. The maximum absolute atomic E-state index is 13.3. The third-order valence-electron chi connectivity index (χ3n) is 16.2. The van der Waals surface area contributed by atoms with Gasteiger partial charge < -0.3 is 89.9 Å². The molecule has 3 saturated heterocycles. The van der Waals surface area contributed by atoms with Crippen LogP contribution in [0.5, 0.6) is 0 Å². The van der Waals surface area contributed by atoms with Gasteiger partial charge in [-0.15, -0.1) is 0 Å². The number of rotatable bonds is 49. The minimum Gasteiger partial charge on any atom is -0.394 e. The van der Waals surface area contributed by atoms with Gasteiger partial charge in [-0.25, -0.2) is 0 Å². The van der Waals surface area contributed by atoms with E-state index in [0.29, 0.717) is 19.3 Å². The predicted molar refractivity (Wildman–Crippen MR) is 337 cm³/mol. The van der Waals surface area contributed by atoms with Crippen LogP contribution >= 0.6 is 0 Å². The van der Waals surface area contributed by atoms with Crippen LogP contribution in [0.1, 0.15) is 206 Å². The Morgan fingerprint density at radius 3 is 1.29 bits per heavy atom. The van der Waals surface area contributed by atoms with E-state index in [1.54, 1.807) is 6.08 Å². The molecule has 3 aliphatic heterocycles. The fraction of sp³-hybridized carbons (Fsp3) is 0.779. The molecule has 17 unspecified atom stereocenters. The molecule has 0 saturated carbocycles. The van der Waals surface area contributed by atoms with Crippen molar-refractivity contribution in [2.45, 2.75) is 311 Å². The lowest BCUT2D eigenvalue weighted by molar-refractivity contribution is -0.379. The number of aliphatic hydroxyl groups is 11. The topological polar surface area (TPSA) is 307 Å². The molecule has 19 nitrogen and oxygen atoms in total. The van der Waals surface area contributed by atoms with Crippen molar-refractivity contribution >= 4 is 5.91 Å². The van der Waals surface area contributed by atoms with Crippen LogP contribution in [0.4, 0.5) is 0 Å². The summed E-state index contributed by atoms with van der Waals surface area (Å²) < 4.78 is 34.2. The normalized spacial score (nSPS) is 29.1. The van der Waals surface area contributed by atoms with Gasteiger partial charge in [-0.3, -0.25) is 4.79 Å². The lowest BCUT2D eigenvalue weighted by Gasteiger charge is -2.48. The molecule has 0 spiro atoms. The summed E-state index contributed by atoms with van der Waals surface area (Å²) in [6.45, 7) is 1.55. The van der Waals surface area contributed by atoms with Gasteiger partial charge in [0.2, 0.25) is 5.91 Å². The first kappa shape index (κ1) is 78.2. The molecule has 0 aliphatic carbocycles. The van der Waals surface area contributed by atoms with Gasteiger partial charge in [0.05, 0.1) is 38.6 Å². The van der Waals surface area contributed by atoms with Crippen molar-refractivity contribution in [3.8, 4) is 0 Å². The number of amides is 1. The fourth-order valence-corrected chi connectivity index (χ4v) is 10.8. The van der Waals surface area contributed by atoms with Crippen LogP contribution in [-0.2, 0) is 33.2 Å². The zero-order valence-corrected chi connectivity index (χ0v) is 52.7. The molecule has 12 N–H and O–H groups in total. The van der Waals surface area contributed by atoms with Crippen LogP contribution in [0.25, 0.3) is 0 Å². The SMILES string of the molecule is CC/C=C\C/C=C\C/C=C\C/C=C\C/C=C\CCCC(=O)NC(COC1OC(CO)C(OC2OC(CO)C(OC3OC(CO)C(O)C(O)C3O)C(O)C2O)C(O)C1O)C(O)/C=C/CC/C=C/CCCCCCCCCCCCCCCCCCCCC. The summed E-state index contributed by atoms with van der Waals surface area (Å²) >= 11 is 0. The maximum Gasteiger partial charge on any atom is 0.220 e. The Hall–Kier alpha value is -3.03. The first-order valence-corrected chi connectivity index (χ1v) is 33.3. The van der Waals surface area contributed by atoms with E-state index in [1.165, 1.54) is 116 Å². The number of hydrogen-bond acceptors (Lipinski definition) is 18. The first-order chi connectivity index (χ1) is 42.3. The van der Waals surface area contributed by atoms with E-state index in [1.807, 2.05) is 18.2 Å². The highest BCUT2D eigenvalue weighted by Crippen LogP contribution is 2.33. The molecular formula is C68H117NO18. The third kappa shape index (κ3) is 32.2. The van der Waals surface area contributed by atoms with Gasteiger partial charge in [0.1, 0.15) is 73.2 Å². The molecule has 1 amide bonds. The molecule has 3 aliphatic rings. The van der Waals surface area contributed by atoms with Crippen LogP contribution in [-0.4, -0.2) is 193 Å². The Morgan fingerprint density at radius 2 is 0.805 bits per heavy atom.